The summed E-state index contributed by atoms with van der Waals surface area (Å²) in [6.45, 7) is 3.12. The van der Waals surface area contributed by atoms with Crippen LogP contribution in [0, 0.1) is 6.92 Å². The van der Waals surface area contributed by atoms with Crippen LogP contribution in [0.3, 0.4) is 0 Å². The summed E-state index contributed by atoms with van der Waals surface area (Å²) < 4.78 is 0. The fourth-order valence-electron chi connectivity index (χ4n) is 4.00. The molecule has 3 nitrogen and oxygen atoms in total. The molecule has 1 aliphatic heterocycles. The third-order valence-electron chi connectivity index (χ3n) is 4.90. The van der Waals surface area contributed by atoms with Gasteiger partial charge in [-0.05, 0) is 37.5 Å². The number of aromatic nitrogens is 2. The molecule has 1 fully saturated rings. The largest absolute Gasteiger partial charge is 0.373 e. The fourth-order valence-corrected chi connectivity index (χ4v) is 4.00. The van der Waals surface area contributed by atoms with E-state index in [2.05, 4.69) is 34.0 Å². The summed E-state index contributed by atoms with van der Waals surface area (Å²) in [7, 11) is 2.21. The van der Waals surface area contributed by atoms with Crippen molar-refractivity contribution >= 4 is 16.6 Å². The molecule has 1 saturated carbocycles. The van der Waals surface area contributed by atoms with Gasteiger partial charge < -0.3 is 4.90 Å². The summed E-state index contributed by atoms with van der Waals surface area (Å²) in [5.41, 5.74) is 4.40. The molecule has 0 unspecified atom stereocenters. The highest BCUT2D eigenvalue weighted by molar-refractivity contribution is 5.85. The third kappa shape index (κ3) is 1.50. The SMILES string of the molecule is Cc1ncc2cc3c(cc2n1)N(C)CC31CCCC1. The third-order valence-corrected chi connectivity index (χ3v) is 4.90. The lowest BCUT2D eigenvalue weighted by Gasteiger charge is -2.23. The lowest BCUT2D eigenvalue weighted by molar-refractivity contribution is 0.473. The van der Waals surface area contributed by atoms with Crippen LogP contribution in [0.5, 0.6) is 0 Å². The van der Waals surface area contributed by atoms with Crippen molar-refractivity contribution in [3.05, 3.63) is 29.7 Å². The van der Waals surface area contributed by atoms with E-state index in [4.69, 9.17) is 0 Å². The van der Waals surface area contributed by atoms with Gasteiger partial charge in [0.1, 0.15) is 5.82 Å². The van der Waals surface area contributed by atoms with E-state index in [1.807, 2.05) is 13.1 Å². The molecular weight excluding hydrogens is 234 g/mol. The molecule has 0 radical (unpaired) electrons. The van der Waals surface area contributed by atoms with Crippen LogP contribution in [0.25, 0.3) is 10.9 Å². The average molecular weight is 253 g/mol. The van der Waals surface area contributed by atoms with E-state index in [-0.39, 0.29) is 0 Å². The number of hydrogen-bond acceptors (Lipinski definition) is 3. The van der Waals surface area contributed by atoms with Gasteiger partial charge >= 0.3 is 0 Å². The van der Waals surface area contributed by atoms with Crippen molar-refractivity contribution in [1.82, 2.24) is 9.97 Å². The summed E-state index contributed by atoms with van der Waals surface area (Å²) in [6, 6.07) is 4.60. The highest BCUT2D eigenvalue weighted by Crippen LogP contribution is 2.50. The van der Waals surface area contributed by atoms with Gasteiger partial charge in [-0.1, -0.05) is 12.8 Å². The normalized spacial score (nSPS) is 20.4. The number of aryl methyl sites for hydroxylation is 1. The van der Waals surface area contributed by atoms with E-state index in [1.165, 1.54) is 48.9 Å². The van der Waals surface area contributed by atoms with Crippen LogP contribution in [0.1, 0.15) is 37.1 Å². The Bertz CT molecular complexity index is 656. The standard InChI is InChI=1S/C16H19N3/c1-11-17-9-12-7-13-15(8-14(12)18-11)19(2)10-16(13)5-3-4-6-16/h7-9H,3-6,10H2,1-2H3. The Balaban J connectivity index is 1.97. The van der Waals surface area contributed by atoms with Crippen molar-refractivity contribution < 1.29 is 0 Å². The maximum atomic E-state index is 4.56. The van der Waals surface area contributed by atoms with Crippen LogP contribution < -0.4 is 4.90 Å². The number of fused-ring (bicyclic) bond motifs is 3. The zero-order valence-electron chi connectivity index (χ0n) is 11.6. The van der Waals surface area contributed by atoms with Crippen LogP contribution in [-0.2, 0) is 5.41 Å². The highest BCUT2D eigenvalue weighted by Gasteiger charge is 2.43. The molecule has 0 bridgehead atoms. The van der Waals surface area contributed by atoms with E-state index < -0.39 is 0 Å². The lowest BCUT2D eigenvalue weighted by atomic mass is 9.80. The van der Waals surface area contributed by atoms with Gasteiger partial charge in [0.25, 0.3) is 0 Å². The number of likely N-dealkylation sites (N-methyl/N-ethyl adjacent to an activating group) is 1. The molecule has 3 heteroatoms. The van der Waals surface area contributed by atoms with Gasteiger partial charge in [0.2, 0.25) is 0 Å². The van der Waals surface area contributed by atoms with Gasteiger partial charge in [-0.2, -0.15) is 0 Å². The number of anilines is 1. The van der Waals surface area contributed by atoms with Crippen LogP contribution in [0.15, 0.2) is 18.3 Å². The molecule has 0 amide bonds. The van der Waals surface area contributed by atoms with Crippen molar-refractivity contribution in [3.63, 3.8) is 0 Å². The smallest absolute Gasteiger partial charge is 0.125 e. The summed E-state index contributed by atoms with van der Waals surface area (Å²) >= 11 is 0. The molecule has 2 aliphatic rings. The monoisotopic (exact) mass is 253 g/mol. The van der Waals surface area contributed by atoms with Crippen molar-refractivity contribution in [3.8, 4) is 0 Å². The van der Waals surface area contributed by atoms with Crippen LogP contribution >= 0.6 is 0 Å². The van der Waals surface area contributed by atoms with Crippen molar-refractivity contribution in [2.75, 3.05) is 18.5 Å². The van der Waals surface area contributed by atoms with Gasteiger partial charge in [-0.25, -0.2) is 9.97 Å². The van der Waals surface area contributed by atoms with Gasteiger partial charge in [0, 0.05) is 36.3 Å². The molecule has 2 aromatic rings. The zero-order chi connectivity index (χ0) is 13.0. The Labute approximate surface area is 113 Å². The maximum Gasteiger partial charge on any atom is 0.125 e. The molecular formula is C16H19N3. The number of hydrogen-bond donors (Lipinski definition) is 0. The first-order valence-corrected chi connectivity index (χ1v) is 7.17. The molecule has 0 atom stereocenters. The van der Waals surface area contributed by atoms with Crippen molar-refractivity contribution in [2.45, 2.75) is 38.0 Å². The van der Waals surface area contributed by atoms with E-state index in [9.17, 15) is 0 Å². The molecule has 0 saturated heterocycles. The minimum absolute atomic E-state index is 0.406. The average Bonchev–Trinajstić information content (AvgIpc) is 2.95. The summed E-state index contributed by atoms with van der Waals surface area (Å²) in [5.74, 6) is 0.851. The fraction of sp³-hybridized carbons (Fsp3) is 0.500. The second-order valence-electron chi connectivity index (χ2n) is 6.19. The Kier molecular flexibility index (Phi) is 2.17. The van der Waals surface area contributed by atoms with Crippen molar-refractivity contribution in [1.29, 1.82) is 0 Å². The molecule has 2 heterocycles. The molecule has 0 N–H and O–H groups in total. The Morgan fingerprint density at radius 3 is 2.79 bits per heavy atom. The molecule has 98 valence electrons. The summed E-state index contributed by atoms with van der Waals surface area (Å²) in [4.78, 5) is 11.3. The Morgan fingerprint density at radius 2 is 2.00 bits per heavy atom. The van der Waals surface area contributed by atoms with Crippen LogP contribution in [0.4, 0.5) is 5.69 Å². The number of rotatable bonds is 0. The van der Waals surface area contributed by atoms with E-state index >= 15 is 0 Å². The number of nitrogens with zero attached hydrogens (tertiary/aromatic N) is 3. The first-order valence-electron chi connectivity index (χ1n) is 7.17. The van der Waals surface area contributed by atoms with Gasteiger partial charge in [0.15, 0.2) is 0 Å². The second kappa shape index (κ2) is 3.69. The Morgan fingerprint density at radius 1 is 1.21 bits per heavy atom. The van der Waals surface area contributed by atoms with Crippen LogP contribution in [-0.4, -0.2) is 23.6 Å². The summed E-state index contributed by atoms with van der Waals surface area (Å²) in [5, 5.41) is 1.19. The molecule has 4 rings (SSSR count). The highest BCUT2D eigenvalue weighted by atomic mass is 15.1. The first-order chi connectivity index (χ1) is 9.18. The molecule has 1 aliphatic carbocycles. The minimum Gasteiger partial charge on any atom is -0.373 e. The quantitative estimate of drug-likeness (QED) is 0.722. The molecule has 1 spiro atoms. The maximum absolute atomic E-state index is 4.56. The predicted molar refractivity (Wildman–Crippen MR) is 77.7 cm³/mol. The molecule has 19 heavy (non-hydrogen) atoms. The van der Waals surface area contributed by atoms with E-state index in [0.717, 1.165) is 11.3 Å². The Hall–Kier alpha value is -1.64. The van der Waals surface area contributed by atoms with Crippen molar-refractivity contribution in [2.24, 2.45) is 0 Å². The topological polar surface area (TPSA) is 29.0 Å². The number of benzene rings is 1. The molecule has 1 aromatic carbocycles. The summed E-state index contributed by atoms with van der Waals surface area (Å²) in [6.07, 6.45) is 7.38. The van der Waals surface area contributed by atoms with Gasteiger partial charge in [-0.3, -0.25) is 0 Å². The van der Waals surface area contributed by atoms with Crippen LogP contribution in [0.2, 0.25) is 0 Å². The first kappa shape index (κ1) is 11.2. The lowest BCUT2D eigenvalue weighted by Crippen LogP contribution is -2.28. The van der Waals surface area contributed by atoms with E-state index in [0.29, 0.717) is 5.41 Å². The zero-order valence-corrected chi connectivity index (χ0v) is 11.6. The van der Waals surface area contributed by atoms with Gasteiger partial charge in [-0.15, -0.1) is 0 Å². The van der Waals surface area contributed by atoms with Gasteiger partial charge in [0.05, 0.1) is 5.52 Å². The minimum atomic E-state index is 0.406. The second-order valence-corrected chi connectivity index (χ2v) is 6.19. The molecule has 1 aromatic heterocycles. The van der Waals surface area contributed by atoms with E-state index in [1.54, 1.807) is 0 Å². The predicted octanol–water partition coefficient (Wildman–Crippen LogP) is 3.20.